The lowest BCUT2D eigenvalue weighted by molar-refractivity contribution is 0.0770. The topological polar surface area (TPSA) is 33.7 Å². The van der Waals surface area contributed by atoms with Crippen LogP contribution in [-0.4, -0.2) is 64.6 Å². The van der Waals surface area contributed by atoms with Gasteiger partial charge in [0, 0.05) is 33.4 Å². The molecule has 0 saturated carbocycles. The van der Waals surface area contributed by atoms with Crippen LogP contribution in [0.1, 0.15) is 20.3 Å². The van der Waals surface area contributed by atoms with Crippen LogP contribution in [0.4, 0.5) is 0 Å². The van der Waals surface area contributed by atoms with Gasteiger partial charge in [0.1, 0.15) is 0 Å². The zero-order chi connectivity index (χ0) is 12.2. The van der Waals surface area contributed by atoms with Crippen LogP contribution in [0, 0.1) is 0 Å². The second-order valence-corrected chi connectivity index (χ2v) is 4.32. The summed E-state index contributed by atoms with van der Waals surface area (Å²) in [7, 11) is 3.85. The van der Waals surface area contributed by atoms with Gasteiger partial charge in [-0.1, -0.05) is 0 Å². The molecule has 0 fully saturated rings. The molecular formula is C12H28N2O2. The average molecular weight is 232 g/mol. The highest BCUT2D eigenvalue weighted by molar-refractivity contribution is 4.54. The number of nitrogens with zero attached hydrogens (tertiary/aromatic N) is 1. The molecule has 1 N–H and O–H groups in total. The van der Waals surface area contributed by atoms with Gasteiger partial charge >= 0.3 is 0 Å². The maximum Gasteiger partial charge on any atom is 0.0589 e. The highest BCUT2D eigenvalue weighted by atomic mass is 16.5. The van der Waals surface area contributed by atoms with Gasteiger partial charge in [-0.05, 0) is 33.9 Å². The van der Waals surface area contributed by atoms with E-state index in [0.29, 0.717) is 6.10 Å². The van der Waals surface area contributed by atoms with Crippen molar-refractivity contribution in [2.45, 2.75) is 26.4 Å². The number of likely N-dealkylation sites (N-methyl/N-ethyl adjacent to an activating group) is 1. The first-order valence-electron chi connectivity index (χ1n) is 6.16. The third kappa shape index (κ3) is 11.9. The highest BCUT2D eigenvalue weighted by Gasteiger charge is 1.97. The van der Waals surface area contributed by atoms with Crippen molar-refractivity contribution in [3.05, 3.63) is 0 Å². The Hall–Kier alpha value is -0.160. The summed E-state index contributed by atoms with van der Waals surface area (Å²) < 4.78 is 10.5. The molecule has 0 aromatic rings. The number of ether oxygens (including phenoxy) is 2. The molecule has 0 aromatic carbocycles. The first-order valence-corrected chi connectivity index (χ1v) is 6.16. The minimum atomic E-state index is 0.347. The van der Waals surface area contributed by atoms with E-state index in [-0.39, 0.29) is 0 Å². The summed E-state index contributed by atoms with van der Waals surface area (Å²) in [6, 6.07) is 0. The SMILES string of the molecule is COCCN(C)CCNCCCOC(C)C. The van der Waals surface area contributed by atoms with Crippen LogP contribution in [-0.2, 0) is 9.47 Å². The second kappa shape index (κ2) is 11.3. The maximum absolute atomic E-state index is 5.46. The Kier molecular flexibility index (Phi) is 11.2. The lowest BCUT2D eigenvalue weighted by atomic mass is 10.4. The van der Waals surface area contributed by atoms with Crippen molar-refractivity contribution in [1.29, 1.82) is 0 Å². The van der Waals surface area contributed by atoms with E-state index in [9.17, 15) is 0 Å². The van der Waals surface area contributed by atoms with E-state index in [0.717, 1.165) is 45.8 Å². The van der Waals surface area contributed by atoms with Crippen molar-refractivity contribution in [2.75, 3.05) is 53.6 Å². The van der Waals surface area contributed by atoms with Crippen molar-refractivity contribution in [2.24, 2.45) is 0 Å². The fourth-order valence-electron chi connectivity index (χ4n) is 1.27. The van der Waals surface area contributed by atoms with Crippen molar-refractivity contribution in [3.8, 4) is 0 Å². The molecule has 0 aliphatic carbocycles. The fourth-order valence-corrected chi connectivity index (χ4v) is 1.27. The Balaban J connectivity index is 3.08. The van der Waals surface area contributed by atoms with Crippen molar-refractivity contribution >= 4 is 0 Å². The minimum absolute atomic E-state index is 0.347. The minimum Gasteiger partial charge on any atom is -0.383 e. The summed E-state index contributed by atoms with van der Waals surface area (Å²) in [5.41, 5.74) is 0. The Morgan fingerprint density at radius 2 is 1.88 bits per heavy atom. The quantitative estimate of drug-likeness (QED) is 0.538. The third-order valence-corrected chi connectivity index (χ3v) is 2.30. The van der Waals surface area contributed by atoms with Crippen LogP contribution in [0.3, 0.4) is 0 Å². The molecule has 0 amide bonds. The average Bonchev–Trinajstić information content (AvgIpc) is 2.24. The molecule has 0 saturated heterocycles. The van der Waals surface area contributed by atoms with E-state index in [2.05, 4.69) is 31.1 Å². The van der Waals surface area contributed by atoms with Gasteiger partial charge in [-0.3, -0.25) is 0 Å². The van der Waals surface area contributed by atoms with Gasteiger partial charge in [-0.2, -0.15) is 0 Å². The molecule has 0 aromatic heterocycles. The molecule has 0 spiro atoms. The summed E-state index contributed by atoms with van der Waals surface area (Å²) in [5, 5.41) is 3.40. The molecule has 98 valence electrons. The predicted octanol–water partition coefficient (Wildman–Crippen LogP) is 0.969. The number of methoxy groups -OCH3 is 1. The van der Waals surface area contributed by atoms with Crippen LogP contribution in [0.25, 0.3) is 0 Å². The Labute approximate surface area is 100 Å². The molecule has 0 radical (unpaired) electrons. The fraction of sp³-hybridized carbons (Fsp3) is 1.00. The van der Waals surface area contributed by atoms with Crippen LogP contribution in [0.5, 0.6) is 0 Å². The summed E-state index contributed by atoms with van der Waals surface area (Å²) in [4.78, 5) is 2.26. The van der Waals surface area contributed by atoms with Gasteiger partial charge in [-0.25, -0.2) is 0 Å². The van der Waals surface area contributed by atoms with Gasteiger partial charge < -0.3 is 19.7 Å². The standard InChI is InChI=1S/C12H28N2O2/c1-12(2)16-10-5-6-13-7-8-14(3)9-11-15-4/h12-13H,5-11H2,1-4H3. The first kappa shape index (κ1) is 15.8. The summed E-state index contributed by atoms with van der Waals surface area (Å²) in [6.07, 6.45) is 1.43. The number of hydrogen-bond donors (Lipinski definition) is 1. The van der Waals surface area contributed by atoms with Gasteiger partial charge in [-0.15, -0.1) is 0 Å². The number of hydrogen-bond acceptors (Lipinski definition) is 4. The van der Waals surface area contributed by atoms with Crippen LogP contribution in [0.15, 0.2) is 0 Å². The van der Waals surface area contributed by atoms with Crippen LogP contribution < -0.4 is 5.32 Å². The zero-order valence-corrected chi connectivity index (χ0v) is 11.3. The predicted molar refractivity (Wildman–Crippen MR) is 67.9 cm³/mol. The molecule has 4 nitrogen and oxygen atoms in total. The molecule has 0 heterocycles. The molecule has 0 aliphatic rings. The molecule has 0 aliphatic heterocycles. The van der Waals surface area contributed by atoms with Crippen LogP contribution >= 0.6 is 0 Å². The molecular weight excluding hydrogens is 204 g/mol. The van der Waals surface area contributed by atoms with Crippen molar-refractivity contribution in [3.63, 3.8) is 0 Å². The number of rotatable bonds is 11. The van der Waals surface area contributed by atoms with Crippen molar-refractivity contribution in [1.82, 2.24) is 10.2 Å². The molecule has 0 rings (SSSR count). The van der Waals surface area contributed by atoms with Gasteiger partial charge in [0.2, 0.25) is 0 Å². The summed E-state index contributed by atoms with van der Waals surface area (Å²) in [5.74, 6) is 0. The molecule has 0 atom stereocenters. The third-order valence-electron chi connectivity index (χ3n) is 2.30. The van der Waals surface area contributed by atoms with E-state index < -0.39 is 0 Å². The van der Waals surface area contributed by atoms with E-state index in [1.807, 2.05) is 0 Å². The Morgan fingerprint density at radius 1 is 1.12 bits per heavy atom. The lowest BCUT2D eigenvalue weighted by Gasteiger charge is -2.16. The van der Waals surface area contributed by atoms with E-state index in [4.69, 9.17) is 9.47 Å². The van der Waals surface area contributed by atoms with Gasteiger partial charge in [0.25, 0.3) is 0 Å². The number of nitrogens with one attached hydrogen (secondary N) is 1. The summed E-state index contributed by atoms with van der Waals surface area (Å²) in [6.45, 7) is 9.91. The highest BCUT2D eigenvalue weighted by Crippen LogP contribution is 1.89. The zero-order valence-electron chi connectivity index (χ0n) is 11.3. The maximum atomic E-state index is 5.46. The van der Waals surface area contributed by atoms with E-state index >= 15 is 0 Å². The van der Waals surface area contributed by atoms with Gasteiger partial charge in [0.05, 0.1) is 12.7 Å². The smallest absolute Gasteiger partial charge is 0.0589 e. The molecule has 4 heteroatoms. The lowest BCUT2D eigenvalue weighted by Crippen LogP contribution is -2.32. The largest absolute Gasteiger partial charge is 0.383 e. The van der Waals surface area contributed by atoms with Crippen LogP contribution in [0.2, 0.25) is 0 Å². The summed E-state index contributed by atoms with van der Waals surface area (Å²) >= 11 is 0. The van der Waals surface area contributed by atoms with Crippen molar-refractivity contribution < 1.29 is 9.47 Å². The first-order chi connectivity index (χ1) is 7.66. The molecule has 0 unspecified atom stereocenters. The Morgan fingerprint density at radius 3 is 2.50 bits per heavy atom. The molecule has 0 bridgehead atoms. The van der Waals surface area contributed by atoms with Gasteiger partial charge in [0.15, 0.2) is 0 Å². The molecule has 16 heavy (non-hydrogen) atoms. The van der Waals surface area contributed by atoms with E-state index in [1.54, 1.807) is 7.11 Å². The Bertz CT molecular complexity index is 143. The second-order valence-electron chi connectivity index (χ2n) is 4.32. The van der Waals surface area contributed by atoms with E-state index in [1.165, 1.54) is 0 Å². The monoisotopic (exact) mass is 232 g/mol. The normalized spacial score (nSPS) is 11.6.